The maximum absolute atomic E-state index is 12.4. The molecular formula is C16H24N2O4S. The van der Waals surface area contributed by atoms with Gasteiger partial charge in [0.2, 0.25) is 0 Å². The number of aliphatic carboxylic acids is 1. The van der Waals surface area contributed by atoms with Crippen molar-refractivity contribution in [1.29, 1.82) is 0 Å². The van der Waals surface area contributed by atoms with Crippen LogP contribution in [0.4, 0.5) is 0 Å². The molecule has 128 valence electrons. The van der Waals surface area contributed by atoms with Gasteiger partial charge in [0.05, 0.1) is 12.1 Å². The van der Waals surface area contributed by atoms with Crippen LogP contribution in [0.2, 0.25) is 0 Å². The lowest BCUT2D eigenvalue weighted by molar-refractivity contribution is -0.167. The zero-order valence-corrected chi connectivity index (χ0v) is 14.5. The van der Waals surface area contributed by atoms with Crippen LogP contribution in [-0.4, -0.2) is 40.3 Å². The molecule has 1 saturated heterocycles. The number of carboxylic acids is 1. The van der Waals surface area contributed by atoms with Crippen LogP contribution in [0, 0.1) is 5.92 Å². The molecule has 23 heavy (non-hydrogen) atoms. The first kappa shape index (κ1) is 17.9. The Morgan fingerprint density at radius 1 is 1.48 bits per heavy atom. The second-order valence-corrected chi connectivity index (χ2v) is 7.59. The van der Waals surface area contributed by atoms with Crippen LogP contribution in [0.1, 0.15) is 45.2 Å². The lowest BCUT2D eigenvalue weighted by Gasteiger charge is -2.41. The van der Waals surface area contributed by atoms with Gasteiger partial charge in [0.15, 0.2) is 0 Å². The summed E-state index contributed by atoms with van der Waals surface area (Å²) in [4.78, 5) is 25.8. The van der Waals surface area contributed by atoms with E-state index in [0.717, 1.165) is 0 Å². The van der Waals surface area contributed by atoms with Gasteiger partial charge >= 0.3 is 11.9 Å². The summed E-state index contributed by atoms with van der Waals surface area (Å²) in [6.45, 7) is 5.97. The number of hydrogen-bond acceptors (Lipinski definition) is 6. The number of hydrogen-bond donors (Lipinski definition) is 2. The third-order valence-electron chi connectivity index (χ3n) is 3.86. The van der Waals surface area contributed by atoms with Crippen molar-refractivity contribution < 1.29 is 19.4 Å². The van der Waals surface area contributed by atoms with Crippen LogP contribution in [0.3, 0.4) is 0 Å². The van der Waals surface area contributed by atoms with E-state index < -0.39 is 29.7 Å². The van der Waals surface area contributed by atoms with Crippen LogP contribution < -0.4 is 5.73 Å². The number of nitrogens with zero attached hydrogens (tertiary/aromatic N) is 1. The Morgan fingerprint density at radius 3 is 2.70 bits per heavy atom. The molecular weight excluding hydrogens is 316 g/mol. The van der Waals surface area contributed by atoms with Gasteiger partial charge in [0, 0.05) is 6.54 Å². The van der Waals surface area contributed by atoms with Crippen LogP contribution in [0.5, 0.6) is 0 Å². The van der Waals surface area contributed by atoms with Gasteiger partial charge in [0.25, 0.3) is 0 Å². The summed E-state index contributed by atoms with van der Waals surface area (Å²) in [7, 11) is 0. The van der Waals surface area contributed by atoms with E-state index in [0.29, 0.717) is 24.9 Å². The van der Waals surface area contributed by atoms with Gasteiger partial charge in [-0.1, -0.05) is 0 Å². The summed E-state index contributed by atoms with van der Waals surface area (Å²) >= 11 is 1.44. The van der Waals surface area contributed by atoms with Gasteiger partial charge in [-0.3, -0.25) is 14.5 Å². The fraction of sp³-hybridized carbons (Fsp3) is 0.625. The third kappa shape index (κ3) is 4.31. The first-order valence-corrected chi connectivity index (χ1v) is 8.64. The summed E-state index contributed by atoms with van der Waals surface area (Å²) in [5.41, 5.74) is 6.37. The van der Waals surface area contributed by atoms with E-state index in [-0.39, 0.29) is 5.97 Å². The monoisotopic (exact) mass is 340 g/mol. The number of thiophene rings is 1. The molecule has 0 amide bonds. The Hall–Kier alpha value is -1.44. The van der Waals surface area contributed by atoms with Gasteiger partial charge < -0.3 is 15.6 Å². The van der Waals surface area contributed by atoms with Crippen molar-refractivity contribution in [3.63, 3.8) is 0 Å². The summed E-state index contributed by atoms with van der Waals surface area (Å²) < 4.78 is 5.44. The highest BCUT2D eigenvalue weighted by molar-refractivity contribution is 7.08. The average Bonchev–Trinajstić information content (AvgIpc) is 2.92. The van der Waals surface area contributed by atoms with Crippen molar-refractivity contribution in [2.45, 2.75) is 51.4 Å². The zero-order valence-electron chi connectivity index (χ0n) is 13.7. The number of rotatable bonds is 4. The highest BCUT2D eigenvalue weighted by Crippen LogP contribution is 2.32. The van der Waals surface area contributed by atoms with Crippen molar-refractivity contribution in [2.24, 2.45) is 11.7 Å². The van der Waals surface area contributed by atoms with Crippen molar-refractivity contribution in [2.75, 3.05) is 6.54 Å². The quantitative estimate of drug-likeness (QED) is 0.816. The first-order chi connectivity index (χ1) is 10.7. The molecule has 7 heteroatoms. The van der Waals surface area contributed by atoms with Crippen LogP contribution in [-0.2, 0) is 14.3 Å². The predicted molar refractivity (Wildman–Crippen MR) is 87.9 cm³/mol. The maximum atomic E-state index is 12.4. The van der Waals surface area contributed by atoms with Crippen LogP contribution in [0.15, 0.2) is 16.8 Å². The molecule has 0 aliphatic carbocycles. The van der Waals surface area contributed by atoms with E-state index in [4.69, 9.17) is 10.5 Å². The summed E-state index contributed by atoms with van der Waals surface area (Å²) in [6, 6.07) is 0.953. The van der Waals surface area contributed by atoms with Crippen molar-refractivity contribution in [3.8, 4) is 0 Å². The predicted octanol–water partition coefficient (Wildman–Crippen LogP) is 2.21. The summed E-state index contributed by atoms with van der Waals surface area (Å²) in [6.07, 6.45) is 0.660. The minimum Gasteiger partial charge on any atom is -0.480 e. The Balaban J connectivity index is 2.19. The molecule has 0 unspecified atom stereocenters. The molecule has 1 aromatic rings. The molecule has 0 radical (unpaired) electrons. The third-order valence-corrected chi connectivity index (χ3v) is 4.56. The van der Waals surface area contributed by atoms with E-state index in [2.05, 4.69) is 0 Å². The Bertz CT molecular complexity index is 553. The standard InChI is InChI=1S/C16H24N2O4S/c1-16(2,3)22-15(21)11-5-4-7-18(13(11)17)12(14(19)20)10-6-8-23-9-10/h6,8-9,11-13H,4-5,7,17H2,1-3H3,(H,19,20)/t11-,12+,13+/m1/s1. The molecule has 0 bridgehead atoms. The fourth-order valence-corrected chi connectivity index (χ4v) is 3.57. The number of ether oxygens (including phenoxy) is 1. The van der Waals surface area contributed by atoms with Gasteiger partial charge in [-0.05, 0) is 56.0 Å². The van der Waals surface area contributed by atoms with E-state index >= 15 is 0 Å². The molecule has 3 atom stereocenters. The molecule has 1 aliphatic rings. The minimum atomic E-state index is -0.955. The molecule has 6 nitrogen and oxygen atoms in total. The molecule has 3 N–H and O–H groups in total. The Morgan fingerprint density at radius 2 is 2.17 bits per heavy atom. The number of nitrogens with two attached hydrogens (primary N) is 1. The second-order valence-electron chi connectivity index (χ2n) is 6.81. The highest BCUT2D eigenvalue weighted by Gasteiger charge is 2.41. The Kier molecular flexibility index (Phi) is 5.44. The molecule has 0 aromatic carbocycles. The zero-order chi connectivity index (χ0) is 17.2. The minimum absolute atomic E-state index is 0.357. The highest BCUT2D eigenvalue weighted by atomic mass is 32.1. The lowest BCUT2D eigenvalue weighted by Crippen LogP contribution is -2.56. The first-order valence-electron chi connectivity index (χ1n) is 7.70. The number of likely N-dealkylation sites (tertiary alicyclic amines) is 1. The fourth-order valence-electron chi connectivity index (χ4n) is 2.89. The van der Waals surface area contributed by atoms with Gasteiger partial charge in [-0.2, -0.15) is 11.3 Å². The van der Waals surface area contributed by atoms with Gasteiger partial charge in [-0.15, -0.1) is 0 Å². The van der Waals surface area contributed by atoms with Crippen LogP contribution in [0.25, 0.3) is 0 Å². The number of piperidine rings is 1. The second kappa shape index (κ2) is 6.98. The van der Waals surface area contributed by atoms with Crippen molar-refractivity contribution >= 4 is 23.3 Å². The van der Waals surface area contributed by atoms with Crippen LogP contribution >= 0.6 is 11.3 Å². The molecule has 1 aromatic heterocycles. The molecule has 2 rings (SSSR count). The number of carboxylic acid groups (broad SMARTS) is 1. The smallest absolute Gasteiger partial charge is 0.325 e. The van der Waals surface area contributed by atoms with E-state index in [1.807, 2.05) is 31.5 Å². The molecule has 1 fully saturated rings. The molecule has 2 heterocycles. The topological polar surface area (TPSA) is 92.9 Å². The molecule has 1 aliphatic heterocycles. The number of esters is 1. The largest absolute Gasteiger partial charge is 0.480 e. The normalized spacial score (nSPS) is 24.2. The molecule has 0 spiro atoms. The molecule has 0 saturated carbocycles. The summed E-state index contributed by atoms with van der Waals surface area (Å²) in [5, 5.41) is 13.3. The van der Waals surface area contributed by atoms with E-state index in [1.54, 1.807) is 11.0 Å². The van der Waals surface area contributed by atoms with E-state index in [1.165, 1.54) is 11.3 Å². The number of carbonyl (C=O) groups is 2. The van der Waals surface area contributed by atoms with Gasteiger partial charge in [0.1, 0.15) is 11.6 Å². The Labute approximate surface area is 140 Å². The summed E-state index contributed by atoms with van der Waals surface area (Å²) in [5.74, 6) is -1.82. The maximum Gasteiger partial charge on any atom is 0.325 e. The van der Waals surface area contributed by atoms with Crippen molar-refractivity contribution in [3.05, 3.63) is 22.4 Å². The van der Waals surface area contributed by atoms with Gasteiger partial charge in [-0.25, -0.2) is 0 Å². The average molecular weight is 340 g/mol. The number of carbonyl (C=O) groups excluding carboxylic acids is 1. The van der Waals surface area contributed by atoms with Crippen molar-refractivity contribution in [1.82, 2.24) is 4.90 Å². The lowest BCUT2D eigenvalue weighted by atomic mass is 9.92. The van der Waals surface area contributed by atoms with E-state index in [9.17, 15) is 14.7 Å². The SMILES string of the molecule is CC(C)(C)OC(=O)[C@@H]1CCCN([C@H](C(=O)O)c2ccsc2)[C@@H]1N.